The summed E-state index contributed by atoms with van der Waals surface area (Å²) in [5.41, 5.74) is 4.06. The quantitative estimate of drug-likeness (QED) is 0.311. The van der Waals surface area contributed by atoms with Crippen molar-refractivity contribution in [2.75, 3.05) is 19.8 Å². The van der Waals surface area contributed by atoms with Gasteiger partial charge in [-0.2, -0.15) is 0 Å². The van der Waals surface area contributed by atoms with Crippen LogP contribution in [0.2, 0.25) is 0 Å². The maximum atomic E-state index is 13.8. The zero-order chi connectivity index (χ0) is 24.1. The van der Waals surface area contributed by atoms with Gasteiger partial charge in [0, 0.05) is 25.6 Å². The highest BCUT2D eigenvalue weighted by molar-refractivity contribution is 5.78. The summed E-state index contributed by atoms with van der Waals surface area (Å²) < 4.78 is 0. The zero-order valence-corrected chi connectivity index (χ0v) is 21.0. The van der Waals surface area contributed by atoms with Gasteiger partial charge in [0.05, 0.1) is 6.67 Å². The molecule has 3 nitrogen and oxygen atoms in total. The minimum absolute atomic E-state index is 0.110. The first-order chi connectivity index (χ1) is 17.3. The third-order valence-electron chi connectivity index (χ3n) is 7.15. The van der Waals surface area contributed by atoms with Crippen molar-refractivity contribution < 1.29 is 4.79 Å². The van der Waals surface area contributed by atoms with Crippen molar-refractivity contribution >= 4 is 5.91 Å². The molecule has 1 amide bonds. The van der Waals surface area contributed by atoms with E-state index in [1.165, 1.54) is 16.7 Å². The van der Waals surface area contributed by atoms with E-state index in [1.807, 2.05) is 0 Å². The normalized spacial score (nSPS) is 14.7. The SMILES string of the molecule is O=C(C(CCCc1ccccc1)CCCc1ccccc1)N1CCCCN(Cc2ccccc2)C1. The summed E-state index contributed by atoms with van der Waals surface area (Å²) in [6, 6.07) is 32.0. The number of hydrogen-bond acceptors (Lipinski definition) is 2. The van der Waals surface area contributed by atoms with Crippen molar-refractivity contribution in [1.29, 1.82) is 0 Å². The molecule has 0 aliphatic carbocycles. The third-order valence-corrected chi connectivity index (χ3v) is 7.15. The number of carbonyl (C=O) groups excluding carboxylic acids is 1. The van der Waals surface area contributed by atoms with Crippen LogP contribution in [-0.2, 0) is 24.2 Å². The summed E-state index contributed by atoms with van der Waals surface area (Å²) in [5, 5.41) is 0. The summed E-state index contributed by atoms with van der Waals surface area (Å²) in [6.45, 7) is 3.61. The molecule has 0 saturated carbocycles. The molecule has 0 spiro atoms. The largest absolute Gasteiger partial charge is 0.329 e. The van der Waals surface area contributed by atoms with Crippen molar-refractivity contribution in [2.24, 2.45) is 5.92 Å². The van der Waals surface area contributed by atoms with E-state index in [9.17, 15) is 4.79 Å². The molecule has 1 saturated heterocycles. The molecule has 0 aromatic heterocycles. The molecule has 1 aliphatic heterocycles. The van der Waals surface area contributed by atoms with Gasteiger partial charge in [0.25, 0.3) is 0 Å². The Morgan fingerprint density at radius 2 is 1.14 bits per heavy atom. The van der Waals surface area contributed by atoms with Crippen LogP contribution in [0.15, 0.2) is 91.0 Å². The lowest BCUT2D eigenvalue weighted by Crippen LogP contribution is -2.42. The van der Waals surface area contributed by atoms with Crippen molar-refractivity contribution in [1.82, 2.24) is 9.80 Å². The number of rotatable bonds is 11. The van der Waals surface area contributed by atoms with Crippen LogP contribution in [0, 0.1) is 5.92 Å². The van der Waals surface area contributed by atoms with E-state index in [-0.39, 0.29) is 5.92 Å². The standard InChI is InChI=1S/C32H40N2O/c35-32(34-25-11-10-24-33(27-34)26-30-18-8-3-9-19-30)31(22-12-20-28-14-4-1-5-15-28)23-13-21-29-16-6-2-7-17-29/h1-9,14-19,31H,10-13,20-27H2. The molecule has 0 bridgehead atoms. The van der Waals surface area contributed by atoms with E-state index in [4.69, 9.17) is 0 Å². The summed E-state index contributed by atoms with van der Waals surface area (Å²) >= 11 is 0. The molecule has 1 aliphatic rings. The highest BCUT2D eigenvalue weighted by Gasteiger charge is 2.26. The van der Waals surface area contributed by atoms with Gasteiger partial charge in [-0.25, -0.2) is 0 Å². The van der Waals surface area contributed by atoms with Gasteiger partial charge < -0.3 is 4.90 Å². The van der Waals surface area contributed by atoms with E-state index in [1.54, 1.807) is 0 Å². The Kier molecular flexibility index (Phi) is 9.97. The molecule has 3 heteroatoms. The summed E-state index contributed by atoms with van der Waals surface area (Å²) in [4.78, 5) is 18.4. The van der Waals surface area contributed by atoms with Crippen LogP contribution in [-0.4, -0.2) is 35.5 Å². The predicted octanol–water partition coefficient (Wildman–Crippen LogP) is 6.73. The fourth-order valence-electron chi connectivity index (χ4n) is 5.22. The van der Waals surface area contributed by atoms with Crippen molar-refractivity contribution in [3.05, 3.63) is 108 Å². The van der Waals surface area contributed by atoms with E-state index in [0.717, 1.165) is 77.7 Å². The molecule has 35 heavy (non-hydrogen) atoms. The third kappa shape index (κ3) is 8.36. The van der Waals surface area contributed by atoms with Crippen LogP contribution >= 0.6 is 0 Å². The minimum atomic E-state index is 0.110. The Bertz CT molecular complexity index is 944. The average molecular weight is 469 g/mol. The Morgan fingerprint density at radius 1 is 0.657 bits per heavy atom. The molecular formula is C32H40N2O. The minimum Gasteiger partial charge on any atom is -0.329 e. The molecule has 0 unspecified atom stereocenters. The second-order valence-electron chi connectivity index (χ2n) is 9.94. The molecule has 0 N–H and O–H groups in total. The molecule has 3 aromatic carbocycles. The van der Waals surface area contributed by atoms with Gasteiger partial charge in [0.1, 0.15) is 0 Å². The first kappa shape index (κ1) is 25.2. The van der Waals surface area contributed by atoms with Gasteiger partial charge in [-0.3, -0.25) is 9.69 Å². The smallest absolute Gasteiger partial charge is 0.226 e. The lowest BCUT2D eigenvalue weighted by molar-refractivity contribution is -0.138. The summed E-state index contributed by atoms with van der Waals surface area (Å²) in [7, 11) is 0. The lowest BCUT2D eigenvalue weighted by Gasteiger charge is -2.30. The highest BCUT2D eigenvalue weighted by atomic mass is 16.2. The number of amides is 1. The highest BCUT2D eigenvalue weighted by Crippen LogP contribution is 2.22. The van der Waals surface area contributed by atoms with Gasteiger partial charge in [0.2, 0.25) is 5.91 Å². The van der Waals surface area contributed by atoms with Gasteiger partial charge >= 0.3 is 0 Å². The number of carbonyl (C=O) groups is 1. The van der Waals surface area contributed by atoms with Crippen LogP contribution < -0.4 is 0 Å². The van der Waals surface area contributed by atoms with Gasteiger partial charge in [-0.15, -0.1) is 0 Å². The fourth-order valence-corrected chi connectivity index (χ4v) is 5.22. The average Bonchev–Trinajstić information content (AvgIpc) is 3.15. The van der Waals surface area contributed by atoms with Crippen molar-refractivity contribution in [3.63, 3.8) is 0 Å². The Hall–Kier alpha value is -2.91. The second kappa shape index (κ2) is 13.8. The lowest BCUT2D eigenvalue weighted by atomic mass is 9.92. The topological polar surface area (TPSA) is 23.6 Å². The predicted molar refractivity (Wildman–Crippen MR) is 145 cm³/mol. The Labute approximate surface area is 211 Å². The van der Waals surface area contributed by atoms with Crippen molar-refractivity contribution in [3.8, 4) is 0 Å². The van der Waals surface area contributed by atoms with Crippen LogP contribution in [0.3, 0.4) is 0 Å². The number of nitrogens with zero attached hydrogens (tertiary/aromatic N) is 2. The van der Waals surface area contributed by atoms with Crippen LogP contribution in [0.5, 0.6) is 0 Å². The van der Waals surface area contributed by atoms with Gasteiger partial charge in [0.15, 0.2) is 0 Å². The number of aryl methyl sites for hydroxylation is 2. The molecule has 184 valence electrons. The maximum Gasteiger partial charge on any atom is 0.226 e. The van der Waals surface area contributed by atoms with Crippen LogP contribution in [0.4, 0.5) is 0 Å². The maximum absolute atomic E-state index is 13.8. The molecule has 1 heterocycles. The Balaban J connectivity index is 1.37. The first-order valence-corrected chi connectivity index (χ1v) is 13.4. The summed E-state index contributed by atoms with van der Waals surface area (Å²) in [5.74, 6) is 0.477. The molecule has 0 atom stereocenters. The fraction of sp³-hybridized carbons (Fsp3) is 0.406. The molecule has 0 radical (unpaired) electrons. The van der Waals surface area contributed by atoms with E-state index in [2.05, 4.69) is 101 Å². The number of hydrogen-bond donors (Lipinski definition) is 0. The van der Waals surface area contributed by atoms with Gasteiger partial charge in [-0.05, 0) is 68.1 Å². The van der Waals surface area contributed by atoms with Crippen LogP contribution in [0.1, 0.15) is 55.2 Å². The zero-order valence-electron chi connectivity index (χ0n) is 21.0. The molecule has 4 rings (SSSR count). The van der Waals surface area contributed by atoms with E-state index in [0.29, 0.717) is 5.91 Å². The van der Waals surface area contributed by atoms with E-state index >= 15 is 0 Å². The van der Waals surface area contributed by atoms with Crippen LogP contribution in [0.25, 0.3) is 0 Å². The Morgan fingerprint density at radius 3 is 1.69 bits per heavy atom. The number of benzene rings is 3. The summed E-state index contributed by atoms with van der Waals surface area (Å²) in [6.07, 6.45) is 8.41. The monoisotopic (exact) mass is 468 g/mol. The van der Waals surface area contributed by atoms with Gasteiger partial charge in [-0.1, -0.05) is 91.0 Å². The van der Waals surface area contributed by atoms with E-state index < -0.39 is 0 Å². The molecule has 3 aromatic rings. The van der Waals surface area contributed by atoms with Crippen molar-refractivity contribution in [2.45, 2.75) is 57.9 Å². The molecule has 1 fully saturated rings. The first-order valence-electron chi connectivity index (χ1n) is 13.4. The second-order valence-corrected chi connectivity index (χ2v) is 9.94. The molecular weight excluding hydrogens is 428 g/mol.